The zero-order valence-electron chi connectivity index (χ0n) is 9.35. The molecule has 2 N–H and O–H groups in total. The van der Waals surface area contributed by atoms with Gasteiger partial charge in [0.25, 0.3) is 0 Å². The number of para-hydroxylation sites is 1. The predicted molar refractivity (Wildman–Crippen MR) is 70.3 cm³/mol. The molecule has 2 rings (SSSR count). The zero-order valence-corrected chi connectivity index (χ0v) is 10.1. The molecule has 1 heterocycles. The van der Waals surface area contributed by atoms with E-state index < -0.39 is 0 Å². The first kappa shape index (κ1) is 11.7. The van der Waals surface area contributed by atoms with Crippen molar-refractivity contribution in [3.8, 4) is 5.88 Å². The molecule has 0 saturated heterocycles. The number of benzene rings is 1. The topological polar surface area (TPSA) is 60.5 Å². The normalized spacial score (nSPS) is 11.8. The van der Waals surface area contributed by atoms with Crippen molar-refractivity contribution in [1.29, 1.82) is 0 Å². The summed E-state index contributed by atoms with van der Waals surface area (Å²) < 4.78 is 5.09. The van der Waals surface area contributed by atoms with Crippen LogP contribution in [0.1, 0.15) is 0 Å². The molecular formula is C12H12ClN3O. The Morgan fingerprint density at radius 2 is 2.24 bits per heavy atom. The first-order valence-electron chi connectivity index (χ1n) is 5.07. The Bertz CT molecular complexity index is 569. The van der Waals surface area contributed by atoms with E-state index in [1.807, 2.05) is 24.3 Å². The molecule has 0 bridgehead atoms. The van der Waals surface area contributed by atoms with Crippen molar-refractivity contribution in [2.75, 3.05) is 13.0 Å². The smallest absolute Gasteiger partial charge is 0.213 e. The summed E-state index contributed by atoms with van der Waals surface area (Å²) in [6.07, 6.45) is 0. The fourth-order valence-corrected chi connectivity index (χ4v) is 1.56. The lowest BCUT2D eigenvalue weighted by Crippen LogP contribution is -2.12. The van der Waals surface area contributed by atoms with Gasteiger partial charge in [-0.2, -0.15) is 0 Å². The van der Waals surface area contributed by atoms with Crippen LogP contribution in [0.4, 0.5) is 5.69 Å². The second-order valence-electron chi connectivity index (χ2n) is 3.44. The SMILES string of the molecule is COc1ccc2cccc(N=C(N)CCl)c2n1. The van der Waals surface area contributed by atoms with Crippen molar-refractivity contribution in [1.82, 2.24) is 4.98 Å². The van der Waals surface area contributed by atoms with E-state index in [0.717, 1.165) is 10.9 Å². The van der Waals surface area contributed by atoms with Gasteiger partial charge in [0.15, 0.2) is 0 Å². The number of aliphatic imine (C=N–C) groups is 1. The monoisotopic (exact) mass is 249 g/mol. The highest BCUT2D eigenvalue weighted by molar-refractivity contribution is 6.28. The molecule has 0 aliphatic carbocycles. The van der Waals surface area contributed by atoms with Crippen LogP contribution in [0, 0.1) is 0 Å². The fraction of sp³-hybridized carbons (Fsp3) is 0.167. The molecule has 4 nitrogen and oxygen atoms in total. The van der Waals surface area contributed by atoms with Crippen molar-refractivity contribution in [3.63, 3.8) is 0 Å². The minimum atomic E-state index is 0.195. The Labute approximate surface area is 104 Å². The Hall–Kier alpha value is -1.81. The number of methoxy groups -OCH3 is 1. The molecule has 0 amide bonds. The zero-order chi connectivity index (χ0) is 12.3. The summed E-state index contributed by atoms with van der Waals surface area (Å²) in [6.45, 7) is 0. The highest BCUT2D eigenvalue weighted by atomic mass is 35.5. The summed E-state index contributed by atoms with van der Waals surface area (Å²) in [7, 11) is 1.58. The third kappa shape index (κ3) is 2.47. The molecule has 5 heteroatoms. The van der Waals surface area contributed by atoms with Crippen LogP contribution < -0.4 is 10.5 Å². The molecule has 0 radical (unpaired) electrons. The number of ether oxygens (including phenoxy) is 1. The molecule has 17 heavy (non-hydrogen) atoms. The summed E-state index contributed by atoms with van der Waals surface area (Å²) in [5.74, 6) is 1.11. The Balaban J connectivity index is 2.62. The number of hydrogen-bond acceptors (Lipinski definition) is 3. The predicted octanol–water partition coefficient (Wildman–Crippen LogP) is 2.47. The average Bonchev–Trinajstić information content (AvgIpc) is 2.38. The number of amidine groups is 1. The molecule has 0 aliphatic heterocycles. The first-order valence-corrected chi connectivity index (χ1v) is 5.61. The highest BCUT2D eigenvalue weighted by Crippen LogP contribution is 2.26. The van der Waals surface area contributed by atoms with E-state index in [1.54, 1.807) is 13.2 Å². The summed E-state index contributed by atoms with van der Waals surface area (Å²) in [4.78, 5) is 8.58. The number of nitrogens with two attached hydrogens (primary N) is 1. The van der Waals surface area contributed by atoms with Crippen LogP contribution in [0.15, 0.2) is 35.3 Å². The van der Waals surface area contributed by atoms with Crippen molar-refractivity contribution < 1.29 is 4.74 Å². The molecular weight excluding hydrogens is 238 g/mol. The summed E-state index contributed by atoms with van der Waals surface area (Å²) in [5.41, 5.74) is 7.07. The standard InChI is InChI=1S/C12H12ClN3O/c1-17-11-6-5-8-3-2-4-9(12(8)16-11)15-10(14)7-13/h2-6H,7H2,1H3,(H2,14,15). The first-order chi connectivity index (χ1) is 8.24. The van der Waals surface area contributed by atoms with Crippen molar-refractivity contribution in [3.05, 3.63) is 30.3 Å². The summed E-state index contributed by atoms with van der Waals surface area (Å²) in [6, 6.07) is 9.43. The summed E-state index contributed by atoms with van der Waals surface area (Å²) >= 11 is 5.61. The highest BCUT2D eigenvalue weighted by Gasteiger charge is 2.03. The largest absolute Gasteiger partial charge is 0.481 e. The van der Waals surface area contributed by atoms with Gasteiger partial charge in [0, 0.05) is 11.5 Å². The lowest BCUT2D eigenvalue weighted by Gasteiger charge is -2.04. The number of aromatic nitrogens is 1. The molecule has 0 spiro atoms. The minimum absolute atomic E-state index is 0.195. The molecule has 0 saturated carbocycles. The number of pyridine rings is 1. The number of nitrogens with zero attached hydrogens (tertiary/aromatic N) is 2. The van der Waals surface area contributed by atoms with Gasteiger partial charge >= 0.3 is 0 Å². The third-order valence-corrected chi connectivity index (χ3v) is 2.56. The molecule has 0 fully saturated rings. The van der Waals surface area contributed by atoms with Gasteiger partial charge in [-0.05, 0) is 12.1 Å². The summed E-state index contributed by atoms with van der Waals surface area (Å²) in [5, 5.41) is 0.981. The van der Waals surface area contributed by atoms with Gasteiger partial charge in [0.2, 0.25) is 5.88 Å². The van der Waals surface area contributed by atoms with Gasteiger partial charge in [-0.25, -0.2) is 9.98 Å². The van der Waals surface area contributed by atoms with E-state index in [9.17, 15) is 0 Å². The molecule has 0 aliphatic rings. The number of hydrogen-bond donors (Lipinski definition) is 1. The van der Waals surface area contributed by atoms with Crippen LogP contribution in [-0.2, 0) is 0 Å². The van der Waals surface area contributed by atoms with Crippen molar-refractivity contribution in [2.45, 2.75) is 0 Å². The lowest BCUT2D eigenvalue weighted by atomic mass is 10.2. The molecule has 0 unspecified atom stereocenters. The van der Waals surface area contributed by atoms with Crippen molar-refractivity contribution in [2.24, 2.45) is 10.7 Å². The quantitative estimate of drug-likeness (QED) is 0.516. The molecule has 88 valence electrons. The fourth-order valence-electron chi connectivity index (χ4n) is 1.50. The van der Waals surface area contributed by atoms with Gasteiger partial charge < -0.3 is 10.5 Å². The second kappa shape index (κ2) is 5.01. The number of fused-ring (bicyclic) bond motifs is 1. The van der Waals surface area contributed by atoms with E-state index in [-0.39, 0.29) is 5.88 Å². The van der Waals surface area contributed by atoms with Crippen LogP contribution in [0.25, 0.3) is 10.9 Å². The number of alkyl halides is 1. The van der Waals surface area contributed by atoms with Crippen LogP contribution in [0.3, 0.4) is 0 Å². The van der Waals surface area contributed by atoms with E-state index in [1.165, 1.54) is 0 Å². The van der Waals surface area contributed by atoms with Gasteiger partial charge in [-0.3, -0.25) is 0 Å². The van der Waals surface area contributed by atoms with Crippen molar-refractivity contribution >= 4 is 34.0 Å². The van der Waals surface area contributed by atoms with Crippen LogP contribution in [-0.4, -0.2) is 23.8 Å². The average molecular weight is 250 g/mol. The van der Waals surface area contributed by atoms with Gasteiger partial charge in [0.1, 0.15) is 5.84 Å². The van der Waals surface area contributed by atoms with Crippen LogP contribution in [0.5, 0.6) is 5.88 Å². The van der Waals surface area contributed by atoms with E-state index in [0.29, 0.717) is 17.4 Å². The van der Waals surface area contributed by atoms with Gasteiger partial charge in [0.05, 0.1) is 24.2 Å². The molecule has 0 atom stereocenters. The molecule has 2 aromatic rings. The minimum Gasteiger partial charge on any atom is -0.481 e. The number of halogens is 1. The third-order valence-electron chi connectivity index (χ3n) is 2.28. The maximum atomic E-state index is 5.63. The molecule has 1 aromatic carbocycles. The number of rotatable bonds is 3. The van der Waals surface area contributed by atoms with Crippen LogP contribution >= 0.6 is 11.6 Å². The Morgan fingerprint density at radius 3 is 2.94 bits per heavy atom. The maximum Gasteiger partial charge on any atom is 0.213 e. The van der Waals surface area contributed by atoms with E-state index in [2.05, 4.69) is 9.98 Å². The van der Waals surface area contributed by atoms with E-state index in [4.69, 9.17) is 22.1 Å². The Morgan fingerprint density at radius 1 is 1.41 bits per heavy atom. The maximum absolute atomic E-state index is 5.63. The van der Waals surface area contributed by atoms with Gasteiger partial charge in [-0.15, -0.1) is 11.6 Å². The van der Waals surface area contributed by atoms with E-state index >= 15 is 0 Å². The Kier molecular flexibility index (Phi) is 3.44. The van der Waals surface area contributed by atoms with Crippen LogP contribution in [0.2, 0.25) is 0 Å². The van der Waals surface area contributed by atoms with Gasteiger partial charge in [-0.1, -0.05) is 12.1 Å². The second-order valence-corrected chi connectivity index (χ2v) is 3.71. The lowest BCUT2D eigenvalue weighted by molar-refractivity contribution is 0.399. The molecule has 1 aromatic heterocycles.